The van der Waals surface area contributed by atoms with Crippen LogP contribution in [-0.2, 0) is 20.9 Å². The van der Waals surface area contributed by atoms with E-state index in [4.69, 9.17) is 23.2 Å². The Morgan fingerprint density at radius 2 is 1.56 bits per heavy atom. The van der Waals surface area contributed by atoms with E-state index in [-0.39, 0.29) is 12.5 Å². The van der Waals surface area contributed by atoms with Gasteiger partial charge in [-0.05, 0) is 47.9 Å². The lowest BCUT2D eigenvalue weighted by Crippen LogP contribution is -2.45. The largest absolute Gasteiger partial charge is 0.351 e. The number of rotatable bonds is 5. The van der Waals surface area contributed by atoms with Crippen LogP contribution in [-0.4, -0.2) is 24.8 Å². The van der Waals surface area contributed by atoms with Crippen molar-refractivity contribution >= 4 is 46.6 Å². The van der Waals surface area contributed by atoms with E-state index in [1.807, 2.05) is 48.5 Å². The molecule has 0 saturated heterocycles. The fraction of sp³-hybridized carbons (Fsp3) is 0.192. The third-order valence-corrected chi connectivity index (χ3v) is 6.30. The molecule has 6 nitrogen and oxygen atoms in total. The molecule has 0 fully saturated rings. The molecule has 0 spiro atoms. The zero-order valence-electron chi connectivity index (χ0n) is 18.6. The number of anilines is 1. The van der Waals surface area contributed by atoms with Gasteiger partial charge in [0.15, 0.2) is 0 Å². The van der Waals surface area contributed by atoms with Crippen LogP contribution in [0, 0.1) is 5.92 Å². The zero-order valence-corrected chi connectivity index (χ0v) is 20.2. The molecule has 0 saturated carbocycles. The summed E-state index contributed by atoms with van der Waals surface area (Å²) in [6, 6.07) is 19.1. The molecule has 174 valence electrons. The number of benzene rings is 3. The van der Waals surface area contributed by atoms with Crippen LogP contribution in [0.3, 0.4) is 0 Å². The Hall–Kier alpha value is -3.35. The lowest BCUT2D eigenvalue weighted by Gasteiger charge is -2.24. The molecule has 0 bridgehead atoms. The van der Waals surface area contributed by atoms with Gasteiger partial charge in [-0.25, -0.2) is 0 Å². The van der Waals surface area contributed by atoms with Crippen molar-refractivity contribution in [2.75, 3.05) is 11.9 Å². The first-order valence-electron chi connectivity index (χ1n) is 10.7. The first-order chi connectivity index (χ1) is 16.3. The van der Waals surface area contributed by atoms with E-state index in [9.17, 15) is 14.4 Å². The Kier molecular flexibility index (Phi) is 6.91. The SMILES string of the molecule is C[C@H](C(=O)NCc1cc(Cl)cc(Cl)c1)C(=O)N[C@@H]1C(=O)N(C)c2ccccc2-c2ccccc21. The number of hydrogen-bond donors (Lipinski definition) is 2. The zero-order chi connectivity index (χ0) is 24.4. The summed E-state index contributed by atoms with van der Waals surface area (Å²) in [7, 11) is 1.68. The van der Waals surface area contributed by atoms with Gasteiger partial charge in [0.2, 0.25) is 11.8 Å². The molecule has 4 rings (SSSR count). The number of hydrogen-bond acceptors (Lipinski definition) is 3. The summed E-state index contributed by atoms with van der Waals surface area (Å²) in [6.07, 6.45) is 0. The lowest BCUT2D eigenvalue weighted by atomic mass is 9.95. The summed E-state index contributed by atoms with van der Waals surface area (Å²) in [4.78, 5) is 40.6. The summed E-state index contributed by atoms with van der Waals surface area (Å²) >= 11 is 12.0. The third kappa shape index (κ3) is 4.79. The molecule has 1 aliphatic rings. The summed E-state index contributed by atoms with van der Waals surface area (Å²) in [6.45, 7) is 1.67. The Morgan fingerprint density at radius 1 is 0.941 bits per heavy atom. The molecule has 1 heterocycles. The van der Waals surface area contributed by atoms with Crippen LogP contribution in [0.2, 0.25) is 10.0 Å². The van der Waals surface area contributed by atoms with E-state index in [2.05, 4.69) is 10.6 Å². The van der Waals surface area contributed by atoms with Crippen molar-refractivity contribution in [2.45, 2.75) is 19.5 Å². The van der Waals surface area contributed by atoms with Crippen LogP contribution in [0.15, 0.2) is 66.7 Å². The van der Waals surface area contributed by atoms with Crippen LogP contribution >= 0.6 is 23.2 Å². The number of para-hydroxylation sites is 1. The van der Waals surface area contributed by atoms with Crippen molar-refractivity contribution < 1.29 is 14.4 Å². The summed E-state index contributed by atoms with van der Waals surface area (Å²) in [5.74, 6) is -2.33. The van der Waals surface area contributed by atoms with Gasteiger partial charge in [0.25, 0.3) is 5.91 Å². The van der Waals surface area contributed by atoms with E-state index >= 15 is 0 Å². The standard InChI is InChI=1S/C26H23Cl2N3O3/c1-15(24(32)29-14-16-11-17(27)13-18(28)12-16)25(33)30-23-21-9-4-3-7-19(21)20-8-5-6-10-22(20)31(2)26(23)34/h3-13,15,23H,14H2,1-2H3,(H,29,32)(H,30,33)/t15-,23+/m1/s1. The molecule has 0 aliphatic carbocycles. The van der Waals surface area contributed by atoms with Crippen molar-refractivity contribution in [3.63, 3.8) is 0 Å². The predicted octanol–water partition coefficient (Wildman–Crippen LogP) is 4.75. The maximum atomic E-state index is 13.4. The van der Waals surface area contributed by atoms with E-state index in [0.29, 0.717) is 21.2 Å². The average Bonchev–Trinajstić information content (AvgIpc) is 2.91. The number of carbonyl (C=O) groups excluding carboxylic acids is 3. The van der Waals surface area contributed by atoms with E-state index in [1.54, 1.807) is 25.2 Å². The normalized spacial score (nSPS) is 15.6. The number of nitrogens with one attached hydrogen (secondary N) is 2. The van der Waals surface area contributed by atoms with Gasteiger partial charge in [-0.2, -0.15) is 0 Å². The number of fused-ring (bicyclic) bond motifs is 3. The monoisotopic (exact) mass is 495 g/mol. The Labute approximate surface area is 207 Å². The van der Waals surface area contributed by atoms with Gasteiger partial charge < -0.3 is 15.5 Å². The molecule has 2 atom stereocenters. The van der Waals surface area contributed by atoms with Crippen molar-refractivity contribution in [1.82, 2.24) is 10.6 Å². The number of amides is 3. The second-order valence-electron chi connectivity index (χ2n) is 8.16. The molecule has 0 aromatic heterocycles. The van der Waals surface area contributed by atoms with Gasteiger partial charge in [0.05, 0.1) is 5.69 Å². The molecule has 3 amide bonds. The van der Waals surface area contributed by atoms with Crippen molar-refractivity contribution in [3.05, 3.63) is 87.9 Å². The highest BCUT2D eigenvalue weighted by molar-refractivity contribution is 6.34. The summed E-state index contributed by atoms with van der Waals surface area (Å²) in [5.41, 5.74) is 3.90. The topological polar surface area (TPSA) is 78.5 Å². The molecular weight excluding hydrogens is 473 g/mol. The molecule has 3 aromatic rings. The Morgan fingerprint density at radius 3 is 2.26 bits per heavy atom. The molecule has 3 aromatic carbocycles. The molecular formula is C26H23Cl2N3O3. The number of halogens is 2. The van der Waals surface area contributed by atoms with Gasteiger partial charge in [0, 0.05) is 29.2 Å². The smallest absolute Gasteiger partial charge is 0.253 e. The quantitative estimate of drug-likeness (QED) is 0.501. The average molecular weight is 496 g/mol. The Bertz CT molecular complexity index is 1260. The second-order valence-corrected chi connectivity index (χ2v) is 9.03. The third-order valence-electron chi connectivity index (χ3n) is 5.87. The highest BCUT2D eigenvalue weighted by atomic mass is 35.5. The van der Waals surface area contributed by atoms with Gasteiger partial charge in [0.1, 0.15) is 12.0 Å². The van der Waals surface area contributed by atoms with Crippen LogP contribution in [0.1, 0.15) is 24.1 Å². The van der Waals surface area contributed by atoms with Gasteiger partial charge >= 0.3 is 0 Å². The van der Waals surface area contributed by atoms with Crippen molar-refractivity contribution in [1.29, 1.82) is 0 Å². The Balaban J connectivity index is 1.52. The maximum absolute atomic E-state index is 13.4. The summed E-state index contributed by atoms with van der Waals surface area (Å²) in [5, 5.41) is 6.43. The predicted molar refractivity (Wildman–Crippen MR) is 134 cm³/mol. The first-order valence-corrected chi connectivity index (χ1v) is 11.5. The highest BCUT2D eigenvalue weighted by Gasteiger charge is 2.34. The van der Waals surface area contributed by atoms with Gasteiger partial charge in [-0.1, -0.05) is 65.7 Å². The van der Waals surface area contributed by atoms with Crippen LogP contribution in [0.5, 0.6) is 0 Å². The number of likely N-dealkylation sites (N-methyl/N-ethyl adjacent to an activating group) is 1. The van der Waals surface area contributed by atoms with Crippen LogP contribution in [0.4, 0.5) is 5.69 Å². The maximum Gasteiger partial charge on any atom is 0.253 e. The fourth-order valence-corrected chi connectivity index (χ4v) is 4.59. The van der Waals surface area contributed by atoms with Gasteiger partial charge in [-0.15, -0.1) is 0 Å². The van der Waals surface area contributed by atoms with Crippen molar-refractivity contribution in [2.24, 2.45) is 5.92 Å². The van der Waals surface area contributed by atoms with E-state index in [1.165, 1.54) is 11.8 Å². The van der Waals surface area contributed by atoms with Crippen LogP contribution in [0.25, 0.3) is 11.1 Å². The molecule has 0 radical (unpaired) electrons. The minimum Gasteiger partial charge on any atom is -0.351 e. The van der Waals surface area contributed by atoms with E-state index in [0.717, 1.165) is 16.8 Å². The highest BCUT2D eigenvalue weighted by Crippen LogP contribution is 2.39. The minimum atomic E-state index is -1.02. The van der Waals surface area contributed by atoms with Crippen molar-refractivity contribution in [3.8, 4) is 11.1 Å². The molecule has 34 heavy (non-hydrogen) atoms. The number of nitrogens with zero attached hydrogens (tertiary/aromatic N) is 1. The first kappa shape index (κ1) is 23.8. The molecule has 0 unspecified atom stereocenters. The number of carbonyl (C=O) groups is 3. The second kappa shape index (κ2) is 9.87. The van der Waals surface area contributed by atoms with Gasteiger partial charge in [-0.3, -0.25) is 14.4 Å². The fourth-order valence-electron chi connectivity index (χ4n) is 4.01. The van der Waals surface area contributed by atoms with Crippen LogP contribution < -0.4 is 15.5 Å². The molecule has 2 N–H and O–H groups in total. The lowest BCUT2D eigenvalue weighted by molar-refractivity contribution is -0.136. The van der Waals surface area contributed by atoms with E-state index < -0.39 is 23.8 Å². The molecule has 8 heteroatoms. The summed E-state index contributed by atoms with van der Waals surface area (Å²) < 4.78 is 0. The molecule has 1 aliphatic heterocycles. The minimum absolute atomic E-state index is 0.167.